The Bertz CT molecular complexity index is 528. The zero-order valence-corrected chi connectivity index (χ0v) is 9.31. The van der Waals surface area contributed by atoms with Crippen molar-refractivity contribution in [3.8, 4) is 0 Å². The van der Waals surface area contributed by atoms with Gasteiger partial charge in [-0.1, -0.05) is 16.8 Å². The standard InChI is InChI=1S/C10H8ClN3O3/c11-8-3-6(1-2-7(8)10(15)16)12-4-9-13-5-17-14-9/h1-3,5,12H,4H2,(H,15,16). The zero-order chi connectivity index (χ0) is 12.3. The van der Waals surface area contributed by atoms with Crippen LogP contribution in [0.15, 0.2) is 29.1 Å². The summed E-state index contributed by atoms with van der Waals surface area (Å²) in [5.74, 6) is -0.553. The van der Waals surface area contributed by atoms with Crippen molar-refractivity contribution >= 4 is 23.3 Å². The van der Waals surface area contributed by atoms with Crippen molar-refractivity contribution in [1.82, 2.24) is 10.1 Å². The fraction of sp³-hybridized carbons (Fsp3) is 0.100. The number of carboxylic acid groups (broad SMARTS) is 1. The molecule has 2 aromatic rings. The molecule has 2 N–H and O–H groups in total. The van der Waals surface area contributed by atoms with Crippen molar-refractivity contribution < 1.29 is 14.4 Å². The van der Waals surface area contributed by atoms with Gasteiger partial charge >= 0.3 is 5.97 Å². The summed E-state index contributed by atoms with van der Waals surface area (Å²) in [7, 11) is 0. The third kappa shape index (κ3) is 2.73. The Labute approximate surface area is 101 Å². The first-order valence-corrected chi connectivity index (χ1v) is 5.06. The van der Waals surface area contributed by atoms with E-state index in [1.807, 2.05) is 0 Å². The van der Waals surface area contributed by atoms with Crippen molar-refractivity contribution in [3.05, 3.63) is 41.0 Å². The normalized spacial score (nSPS) is 10.2. The van der Waals surface area contributed by atoms with Crippen LogP contribution >= 0.6 is 11.6 Å². The molecule has 0 fully saturated rings. The number of hydrogen-bond acceptors (Lipinski definition) is 5. The van der Waals surface area contributed by atoms with Gasteiger partial charge in [-0.3, -0.25) is 0 Å². The van der Waals surface area contributed by atoms with Crippen LogP contribution in [-0.2, 0) is 6.54 Å². The van der Waals surface area contributed by atoms with Gasteiger partial charge in [0.1, 0.15) is 0 Å². The molecule has 0 radical (unpaired) electrons. The number of halogens is 1. The van der Waals surface area contributed by atoms with Crippen LogP contribution in [-0.4, -0.2) is 21.2 Å². The summed E-state index contributed by atoms with van der Waals surface area (Å²) in [5, 5.41) is 15.6. The minimum Gasteiger partial charge on any atom is -0.478 e. The van der Waals surface area contributed by atoms with Crippen LogP contribution in [0.2, 0.25) is 5.02 Å². The lowest BCUT2D eigenvalue weighted by Gasteiger charge is -2.05. The van der Waals surface area contributed by atoms with E-state index in [0.717, 1.165) is 0 Å². The van der Waals surface area contributed by atoms with E-state index in [2.05, 4.69) is 20.0 Å². The molecule has 17 heavy (non-hydrogen) atoms. The van der Waals surface area contributed by atoms with E-state index in [1.54, 1.807) is 6.07 Å². The number of hydrogen-bond donors (Lipinski definition) is 2. The van der Waals surface area contributed by atoms with Crippen LogP contribution in [0.1, 0.15) is 16.2 Å². The highest BCUT2D eigenvalue weighted by Crippen LogP contribution is 2.21. The highest BCUT2D eigenvalue weighted by atomic mass is 35.5. The van der Waals surface area contributed by atoms with Gasteiger partial charge in [0.2, 0.25) is 6.39 Å². The lowest BCUT2D eigenvalue weighted by molar-refractivity contribution is 0.0697. The van der Waals surface area contributed by atoms with E-state index >= 15 is 0 Å². The van der Waals surface area contributed by atoms with Gasteiger partial charge in [0.15, 0.2) is 5.82 Å². The van der Waals surface area contributed by atoms with Gasteiger partial charge in [0, 0.05) is 5.69 Å². The Hall–Kier alpha value is -2.08. The highest BCUT2D eigenvalue weighted by molar-refractivity contribution is 6.33. The monoisotopic (exact) mass is 253 g/mol. The minimum absolute atomic E-state index is 0.0665. The first kappa shape index (κ1) is 11.4. The molecule has 0 unspecified atom stereocenters. The number of anilines is 1. The Balaban J connectivity index is 2.07. The quantitative estimate of drug-likeness (QED) is 0.867. The van der Waals surface area contributed by atoms with Gasteiger partial charge in [-0.25, -0.2) is 4.79 Å². The molecule has 7 heteroatoms. The molecular weight excluding hydrogens is 246 g/mol. The van der Waals surface area contributed by atoms with Crippen molar-refractivity contribution in [1.29, 1.82) is 0 Å². The third-order valence-corrected chi connectivity index (χ3v) is 2.37. The van der Waals surface area contributed by atoms with Gasteiger partial charge in [-0.05, 0) is 18.2 Å². The molecule has 0 amide bonds. The molecule has 0 saturated heterocycles. The molecule has 0 aliphatic rings. The Kier molecular flexibility index (Phi) is 3.24. The third-order valence-electron chi connectivity index (χ3n) is 2.06. The highest BCUT2D eigenvalue weighted by Gasteiger charge is 2.08. The molecule has 0 saturated carbocycles. The summed E-state index contributed by atoms with van der Waals surface area (Å²) in [6.45, 7) is 0.374. The second kappa shape index (κ2) is 4.84. The number of aromatic carboxylic acids is 1. The molecule has 2 rings (SSSR count). The van der Waals surface area contributed by atoms with E-state index in [9.17, 15) is 4.79 Å². The number of rotatable bonds is 4. The summed E-state index contributed by atoms with van der Waals surface area (Å²) in [6.07, 6.45) is 1.23. The average Bonchev–Trinajstić information content (AvgIpc) is 2.78. The maximum Gasteiger partial charge on any atom is 0.337 e. The van der Waals surface area contributed by atoms with Crippen molar-refractivity contribution in [2.75, 3.05) is 5.32 Å². The summed E-state index contributed by atoms with van der Waals surface area (Å²) < 4.78 is 4.57. The van der Waals surface area contributed by atoms with Gasteiger partial charge in [-0.15, -0.1) is 0 Å². The summed E-state index contributed by atoms with van der Waals surface area (Å²) >= 11 is 5.81. The molecule has 0 bridgehead atoms. The average molecular weight is 254 g/mol. The number of nitrogens with one attached hydrogen (secondary N) is 1. The van der Waals surface area contributed by atoms with E-state index in [1.165, 1.54) is 18.5 Å². The fourth-order valence-corrected chi connectivity index (χ4v) is 1.51. The molecule has 1 heterocycles. The molecule has 0 spiro atoms. The first-order valence-electron chi connectivity index (χ1n) is 4.69. The van der Waals surface area contributed by atoms with E-state index in [-0.39, 0.29) is 10.6 Å². The van der Waals surface area contributed by atoms with Gasteiger partial charge < -0.3 is 14.9 Å². The molecule has 6 nitrogen and oxygen atoms in total. The largest absolute Gasteiger partial charge is 0.478 e. The van der Waals surface area contributed by atoms with Crippen molar-refractivity contribution in [3.63, 3.8) is 0 Å². The maximum absolute atomic E-state index is 10.7. The zero-order valence-electron chi connectivity index (χ0n) is 8.55. The van der Waals surface area contributed by atoms with Crippen LogP contribution in [0.3, 0.4) is 0 Å². The smallest absolute Gasteiger partial charge is 0.337 e. The van der Waals surface area contributed by atoms with E-state index in [0.29, 0.717) is 18.1 Å². The van der Waals surface area contributed by atoms with Crippen LogP contribution in [0, 0.1) is 0 Å². The number of benzene rings is 1. The topological polar surface area (TPSA) is 88.2 Å². The molecule has 0 atom stereocenters. The van der Waals surface area contributed by atoms with Gasteiger partial charge in [0.05, 0.1) is 17.1 Å². The predicted octanol–water partition coefficient (Wildman–Crippen LogP) is 2.03. The summed E-state index contributed by atoms with van der Waals surface area (Å²) in [6, 6.07) is 4.59. The van der Waals surface area contributed by atoms with Gasteiger partial charge in [0.25, 0.3) is 0 Å². The Morgan fingerprint density at radius 3 is 2.94 bits per heavy atom. The Morgan fingerprint density at radius 1 is 1.53 bits per heavy atom. The van der Waals surface area contributed by atoms with Crippen molar-refractivity contribution in [2.45, 2.75) is 6.54 Å². The molecular formula is C10H8ClN3O3. The lowest BCUT2D eigenvalue weighted by atomic mass is 10.2. The van der Waals surface area contributed by atoms with E-state index < -0.39 is 5.97 Å². The first-order chi connectivity index (χ1) is 8.16. The molecule has 1 aromatic carbocycles. The molecule has 0 aliphatic carbocycles. The minimum atomic E-state index is -1.06. The molecule has 0 aliphatic heterocycles. The molecule has 1 aromatic heterocycles. The van der Waals surface area contributed by atoms with Crippen molar-refractivity contribution in [2.24, 2.45) is 0 Å². The number of carbonyl (C=O) groups is 1. The number of aromatic nitrogens is 2. The SMILES string of the molecule is O=C(O)c1ccc(NCc2ncon2)cc1Cl. The Morgan fingerprint density at radius 2 is 2.35 bits per heavy atom. The second-order valence-electron chi connectivity index (χ2n) is 3.20. The second-order valence-corrected chi connectivity index (χ2v) is 3.61. The number of carboxylic acids is 1. The van der Waals surface area contributed by atoms with Crippen LogP contribution in [0.5, 0.6) is 0 Å². The van der Waals surface area contributed by atoms with Crippen LogP contribution in [0.25, 0.3) is 0 Å². The summed E-state index contributed by atoms with van der Waals surface area (Å²) in [4.78, 5) is 14.6. The van der Waals surface area contributed by atoms with E-state index in [4.69, 9.17) is 16.7 Å². The molecule has 88 valence electrons. The maximum atomic E-state index is 10.7. The number of nitrogens with zero attached hydrogens (tertiary/aromatic N) is 2. The fourth-order valence-electron chi connectivity index (χ4n) is 1.25. The van der Waals surface area contributed by atoms with Gasteiger partial charge in [-0.2, -0.15) is 4.98 Å². The predicted molar refractivity (Wildman–Crippen MR) is 60.0 cm³/mol. The summed E-state index contributed by atoms with van der Waals surface area (Å²) in [5.41, 5.74) is 0.751. The van der Waals surface area contributed by atoms with Crippen LogP contribution in [0.4, 0.5) is 5.69 Å². The van der Waals surface area contributed by atoms with Crippen LogP contribution < -0.4 is 5.32 Å². The lowest BCUT2D eigenvalue weighted by Crippen LogP contribution is -2.02.